The number of rotatable bonds is 5. The van der Waals surface area contributed by atoms with E-state index in [-0.39, 0.29) is 24.5 Å². The van der Waals surface area contributed by atoms with Crippen LogP contribution in [0.3, 0.4) is 0 Å². The Morgan fingerprint density at radius 1 is 1.12 bits per heavy atom. The van der Waals surface area contributed by atoms with Gasteiger partial charge in [-0.15, -0.1) is 11.3 Å². The SMILES string of the molecule is O=C(Nc1nc2c(s1)CCCC2C(=O)NCc1ccc2c(c1)OCO2)c1ccc(Cl)cc1. The quantitative estimate of drug-likeness (QED) is 0.573. The smallest absolute Gasteiger partial charge is 0.257 e. The van der Waals surface area contributed by atoms with E-state index in [2.05, 4.69) is 15.6 Å². The fraction of sp³-hybridized carbons (Fsp3) is 0.261. The van der Waals surface area contributed by atoms with Gasteiger partial charge in [-0.25, -0.2) is 4.98 Å². The van der Waals surface area contributed by atoms with Crippen molar-refractivity contribution >= 4 is 39.9 Å². The number of hydrogen-bond acceptors (Lipinski definition) is 6. The Morgan fingerprint density at radius 2 is 1.94 bits per heavy atom. The van der Waals surface area contributed by atoms with Crippen LogP contribution in [0.1, 0.15) is 45.3 Å². The molecule has 1 aromatic heterocycles. The van der Waals surface area contributed by atoms with E-state index in [1.54, 1.807) is 24.3 Å². The summed E-state index contributed by atoms with van der Waals surface area (Å²) in [7, 11) is 0. The summed E-state index contributed by atoms with van der Waals surface area (Å²) in [5, 5.41) is 6.93. The standard InChI is InChI=1S/C23H20ClN3O4S/c24-15-7-5-14(6-8-15)21(28)27-23-26-20-16(2-1-3-19(20)32-23)22(29)25-11-13-4-9-17-18(10-13)31-12-30-17/h4-10,16H,1-3,11-12H2,(H,25,29)(H,26,27,28). The molecule has 5 rings (SSSR count). The average molecular weight is 470 g/mol. The minimum absolute atomic E-state index is 0.0653. The van der Waals surface area contributed by atoms with Gasteiger partial charge >= 0.3 is 0 Å². The predicted molar refractivity (Wildman–Crippen MR) is 122 cm³/mol. The Balaban J connectivity index is 1.26. The number of anilines is 1. The van der Waals surface area contributed by atoms with Crippen LogP contribution in [0.5, 0.6) is 11.5 Å². The van der Waals surface area contributed by atoms with E-state index in [1.807, 2.05) is 18.2 Å². The lowest BCUT2D eigenvalue weighted by Gasteiger charge is -2.20. The van der Waals surface area contributed by atoms with Crippen molar-refractivity contribution in [3.8, 4) is 11.5 Å². The summed E-state index contributed by atoms with van der Waals surface area (Å²) in [6.07, 6.45) is 2.49. The summed E-state index contributed by atoms with van der Waals surface area (Å²) < 4.78 is 10.7. The molecule has 3 aromatic rings. The molecule has 1 aliphatic carbocycles. The minimum atomic E-state index is -0.329. The normalized spacial score (nSPS) is 16.3. The maximum Gasteiger partial charge on any atom is 0.257 e. The molecule has 164 valence electrons. The monoisotopic (exact) mass is 469 g/mol. The van der Waals surface area contributed by atoms with Crippen molar-refractivity contribution in [1.29, 1.82) is 0 Å². The minimum Gasteiger partial charge on any atom is -0.454 e. The molecule has 0 radical (unpaired) electrons. The van der Waals surface area contributed by atoms with Crippen LogP contribution in [-0.4, -0.2) is 23.6 Å². The molecule has 0 saturated heterocycles. The van der Waals surface area contributed by atoms with Crippen LogP contribution in [0.4, 0.5) is 5.13 Å². The van der Waals surface area contributed by atoms with E-state index in [0.29, 0.717) is 33.8 Å². The highest BCUT2D eigenvalue weighted by molar-refractivity contribution is 7.16. The number of nitrogens with zero attached hydrogens (tertiary/aromatic N) is 1. The molecule has 0 fully saturated rings. The summed E-state index contributed by atoms with van der Waals surface area (Å²) >= 11 is 7.32. The molecule has 1 aliphatic heterocycles. The number of thiazole rings is 1. The zero-order chi connectivity index (χ0) is 22.1. The van der Waals surface area contributed by atoms with Gasteiger partial charge in [0, 0.05) is 22.0 Å². The van der Waals surface area contributed by atoms with Gasteiger partial charge in [0.15, 0.2) is 16.6 Å². The van der Waals surface area contributed by atoms with E-state index in [0.717, 1.165) is 35.4 Å². The number of halogens is 1. The molecule has 32 heavy (non-hydrogen) atoms. The van der Waals surface area contributed by atoms with E-state index in [1.165, 1.54) is 11.3 Å². The highest BCUT2D eigenvalue weighted by Gasteiger charge is 2.30. The lowest BCUT2D eigenvalue weighted by atomic mass is 9.90. The molecule has 2 aliphatic rings. The number of carbonyl (C=O) groups excluding carboxylic acids is 2. The van der Waals surface area contributed by atoms with Crippen LogP contribution in [-0.2, 0) is 17.8 Å². The molecule has 0 saturated carbocycles. The van der Waals surface area contributed by atoms with Crippen LogP contribution in [0, 0.1) is 0 Å². The number of aromatic nitrogens is 1. The second-order valence-electron chi connectivity index (χ2n) is 7.64. The molecule has 1 atom stereocenters. The lowest BCUT2D eigenvalue weighted by Crippen LogP contribution is -2.31. The molecule has 2 N–H and O–H groups in total. The van der Waals surface area contributed by atoms with Gasteiger partial charge in [-0.3, -0.25) is 14.9 Å². The van der Waals surface area contributed by atoms with Gasteiger partial charge < -0.3 is 14.8 Å². The number of carbonyl (C=O) groups is 2. The van der Waals surface area contributed by atoms with Gasteiger partial charge in [-0.05, 0) is 61.2 Å². The van der Waals surface area contributed by atoms with Crippen molar-refractivity contribution in [2.24, 2.45) is 0 Å². The highest BCUT2D eigenvalue weighted by atomic mass is 35.5. The molecule has 2 aromatic carbocycles. The first-order chi connectivity index (χ1) is 15.6. The Labute approximate surface area is 193 Å². The van der Waals surface area contributed by atoms with Crippen molar-refractivity contribution in [3.05, 3.63) is 69.2 Å². The van der Waals surface area contributed by atoms with Crippen molar-refractivity contribution in [2.45, 2.75) is 31.7 Å². The Kier molecular flexibility index (Phi) is 5.71. The maximum atomic E-state index is 13.0. The van der Waals surface area contributed by atoms with Crippen molar-refractivity contribution < 1.29 is 19.1 Å². The third kappa shape index (κ3) is 4.28. The van der Waals surface area contributed by atoms with Gasteiger partial charge in [0.05, 0.1) is 11.6 Å². The second-order valence-corrected chi connectivity index (χ2v) is 9.16. The van der Waals surface area contributed by atoms with Crippen LogP contribution in [0.2, 0.25) is 5.02 Å². The van der Waals surface area contributed by atoms with Crippen LogP contribution in [0.25, 0.3) is 0 Å². The summed E-state index contributed by atoms with van der Waals surface area (Å²) in [6.45, 7) is 0.613. The van der Waals surface area contributed by atoms with E-state index in [4.69, 9.17) is 21.1 Å². The fourth-order valence-electron chi connectivity index (χ4n) is 3.86. The second kappa shape index (κ2) is 8.80. The third-order valence-electron chi connectivity index (χ3n) is 5.50. The number of nitrogens with one attached hydrogen (secondary N) is 2. The largest absolute Gasteiger partial charge is 0.454 e. The molecule has 2 heterocycles. The number of amides is 2. The molecule has 2 amide bonds. The highest BCUT2D eigenvalue weighted by Crippen LogP contribution is 2.37. The summed E-state index contributed by atoms with van der Waals surface area (Å²) in [5.41, 5.74) is 2.20. The van der Waals surface area contributed by atoms with E-state index < -0.39 is 0 Å². The lowest BCUT2D eigenvalue weighted by molar-refractivity contribution is -0.123. The molecule has 0 spiro atoms. The molecular weight excluding hydrogens is 450 g/mol. The summed E-state index contributed by atoms with van der Waals surface area (Å²) in [5.74, 6) is 0.760. The summed E-state index contributed by atoms with van der Waals surface area (Å²) in [6, 6.07) is 12.3. The van der Waals surface area contributed by atoms with E-state index in [9.17, 15) is 9.59 Å². The molecule has 9 heteroatoms. The van der Waals surface area contributed by atoms with Gasteiger partial charge in [0.1, 0.15) is 0 Å². The van der Waals surface area contributed by atoms with Crippen LogP contribution < -0.4 is 20.1 Å². The Hall–Kier alpha value is -3.10. The first kappa shape index (κ1) is 20.8. The first-order valence-corrected chi connectivity index (χ1v) is 11.5. The van der Waals surface area contributed by atoms with Gasteiger partial charge in [0.2, 0.25) is 12.7 Å². The number of benzene rings is 2. The van der Waals surface area contributed by atoms with Crippen LogP contribution >= 0.6 is 22.9 Å². The zero-order valence-electron chi connectivity index (χ0n) is 17.0. The van der Waals surface area contributed by atoms with E-state index >= 15 is 0 Å². The zero-order valence-corrected chi connectivity index (χ0v) is 18.6. The number of ether oxygens (including phenoxy) is 2. The van der Waals surface area contributed by atoms with Gasteiger partial charge in [0.25, 0.3) is 5.91 Å². The van der Waals surface area contributed by atoms with Crippen LogP contribution in [0.15, 0.2) is 42.5 Å². The van der Waals surface area contributed by atoms with Crippen molar-refractivity contribution in [2.75, 3.05) is 12.1 Å². The fourth-order valence-corrected chi connectivity index (χ4v) is 5.05. The number of fused-ring (bicyclic) bond motifs is 2. The number of hydrogen-bond donors (Lipinski definition) is 2. The maximum absolute atomic E-state index is 13.0. The predicted octanol–water partition coefficient (Wildman–Crippen LogP) is 4.51. The Bertz CT molecular complexity index is 1180. The Morgan fingerprint density at radius 3 is 2.78 bits per heavy atom. The first-order valence-electron chi connectivity index (χ1n) is 10.3. The average Bonchev–Trinajstić information content (AvgIpc) is 3.43. The third-order valence-corrected chi connectivity index (χ3v) is 6.80. The van der Waals surface area contributed by atoms with Gasteiger partial charge in [-0.2, -0.15) is 0 Å². The molecular formula is C23H20ClN3O4S. The number of aryl methyl sites for hydroxylation is 1. The molecule has 7 nitrogen and oxygen atoms in total. The topological polar surface area (TPSA) is 89.6 Å². The van der Waals surface area contributed by atoms with Gasteiger partial charge in [-0.1, -0.05) is 17.7 Å². The van der Waals surface area contributed by atoms with Crippen molar-refractivity contribution in [3.63, 3.8) is 0 Å². The van der Waals surface area contributed by atoms with Crippen molar-refractivity contribution in [1.82, 2.24) is 10.3 Å². The molecule has 1 unspecified atom stereocenters. The summed E-state index contributed by atoms with van der Waals surface area (Å²) in [4.78, 5) is 31.1. The molecule has 0 bridgehead atoms.